The molecule has 0 amide bonds. The molecule has 1 N–H and O–H groups in total. The van der Waals surface area contributed by atoms with Crippen LogP contribution < -0.4 is 4.74 Å². The van der Waals surface area contributed by atoms with Crippen molar-refractivity contribution in [2.45, 2.75) is 38.9 Å². The van der Waals surface area contributed by atoms with E-state index in [0.29, 0.717) is 6.61 Å². The summed E-state index contributed by atoms with van der Waals surface area (Å²) in [6.45, 7) is 5.18. The Labute approximate surface area is 172 Å². The Kier molecular flexibility index (Phi) is 6.19. The third kappa shape index (κ3) is 4.48. The summed E-state index contributed by atoms with van der Waals surface area (Å²) >= 11 is 0. The van der Waals surface area contributed by atoms with Gasteiger partial charge in [-0.15, -0.1) is 5.92 Å². The molecule has 0 unspecified atom stereocenters. The maximum atomic E-state index is 9.71. The molecular weight excluding hydrogens is 360 g/mol. The lowest BCUT2D eigenvalue weighted by Gasteiger charge is -2.22. The van der Waals surface area contributed by atoms with Gasteiger partial charge in [-0.25, -0.2) is 0 Å². The normalized spacial score (nSPS) is 16.7. The summed E-state index contributed by atoms with van der Waals surface area (Å²) in [5, 5.41) is 10.9. The molecule has 2 aromatic carbocycles. The van der Waals surface area contributed by atoms with Crippen molar-refractivity contribution in [2.24, 2.45) is 0 Å². The summed E-state index contributed by atoms with van der Waals surface area (Å²) in [7, 11) is 0. The molecule has 0 bridgehead atoms. The van der Waals surface area contributed by atoms with E-state index in [1.807, 2.05) is 19.1 Å². The monoisotopic (exact) mass is 388 g/mol. The van der Waals surface area contributed by atoms with Crippen LogP contribution in [0.1, 0.15) is 30.9 Å². The first-order chi connectivity index (χ1) is 14.3. The van der Waals surface area contributed by atoms with Gasteiger partial charge in [-0.2, -0.15) is 0 Å². The quantitative estimate of drug-likeness (QED) is 0.621. The highest BCUT2D eigenvalue weighted by molar-refractivity contribution is 5.85. The highest BCUT2D eigenvalue weighted by Crippen LogP contribution is 2.30. The number of benzene rings is 2. The molecule has 0 spiro atoms. The Balaban J connectivity index is 1.68. The summed E-state index contributed by atoms with van der Waals surface area (Å²) in [6, 6.07) is 17.1. The average molecular weight is 389 g/mol. The first-order valence-corrected chi connectivity index (χ1v) is 10.3. The molecule has 1 aliphatic heterocycles. The van der Waals surface area contributed by atoms with Crippen molar-refractivity contribution in [2.75, 3.05) is 19.8 Å². The molecule has 150 valence electrons. The summed E-state index contributed by atoms with van der Waals surface area (Å²) in [5.41, 5.74) is 3.77. The summed E-state index contributed by atoms with van der Waals surface area (Å²) in [5.74, 6) is 6.67. The minimum Gasteiger partial charge on any atom is -0.481 e. The van der Waals surface area contributed by atoms with E-state index in [0.717, 1.165) is 38.2 Å². The standard InChI is InChI=1S/C25H28N2O2/c1-2-3-14-29-23-11-12-25-24(15-23)21(17-26-13-7-10-22(26)19-28)18-27(25)16-20-8-5-4-6-9-20/h4-6,8-9,11-12,15,18,22,28H,7,10,13-14,16-17,19H2,1H3/t22-/m0/s1. The molecule has 2 heterocycles. The summed E-state index contributed by atoms with van der Waals surface area (Å²) < 4.78 is 8.13. The zero-order chi connectivity index (χ0) is 20.1. The van der Waals surface area contributed by atoms with Gasteiger partial charge in [0.1, 0.15) is 12.4 Å². The predicted octanol–water partition coefficient (Wildman–Crippen LogP) is 4.05. The largest absolute Gasteiger partial charge is 0.481 e. The van der Waals surface area contributed by atoms with Gasteiger partial charge in [0.25, 0.3) is 0 Å². The Morgan fingerprint density at radius 1 is 1.14 bits per heavy atom. The second kappa shape index (κ2) is 9.17. The number of hydrogen-bond donors (Lipinski definition) is 1. The summed E-state index contributed by atoms with van der Waals surface area (Å²) in [4.78, 5) is 2.40. The van der Waals surface area contributed by atoms with Crippen LogP contribution in [0.5, 0.6) is 5.75 Å². The van der Waals surface area contributed by atoms with E-state index in [4.69, 9.17) is 4.74 Å². The second-order valence-corrected chi connectivity index (χ2v) is 7.61. The maximum Gasteiger partial charge on any atom is 0.149 e. The Bertz CT molecular complexity index is 1010. The van der Waals surface area contributed by atoms with Gasteiger partial charge in [-0.3, -0.25) is 4.90 Å². The zero-order valence-electron chi connectivity index (χ0n) is 17.0. The van der Waals surface area contributed by atoms with E-state index in [1.54, 1.807) is 0 Å². The van der Waals surface area contributed by atoms with Gasteiger partial charge in [0.2, 0.25) is 0 Å². The van der Waals surface area contributed by atoms with Gasteiger partial charge < -0.3 is 14.4 Å². The molecule has 1 atom stereocenters. The third-order valence-electron chi connectivity index (χ3n) is 5.70. The maximum absolute atomic E-state index is 9.71. The summed E-state index contributed by atoms with van der Waals surface area (Å²) in [6.07, 6.45) is 4.49. The molecule has 4 rings (SSSR count). The minimum absolute atomic E-state index is 0.229. The molecule has 1 fully saturated rings. The molecule has 1 aliphatic rings. The number of rotatable bonds is 7. The Morgan fingerprint density at radius 3 is 2.79 bits per heavy atom. The van der Waals surface area contributed by atoms with E-state index < -0.39 is 0 Å². The fourth-order valence-electron chi connectivity index (χ4n) is 4.20. The molecular formula is C25H28N2O2. The van der Waals surface area contributed by atoms with E-state index >= 15 is 0 Å². The van der Waals surface area contributed by atoms with Crippen LogP contribution in [0.3, 0.4) is 0 Å². The highest BCUT2D eigenvalue weighted by Gasteiger charge is 2.25. The van der Waals surface area contributed by atoms with Gasteiger partial charge in [0, 0.05) is 36.2 Å². The number of hydrogen-bond acceptors (Lipinski definition) is 3. The van der Waals surface area contributed by atoms with Gasteiger partial charge in [-0.1, -0.05) is 36.3 Å². The molecule has 29 heavy (non-hydrogen) atoms. The van der Waals surface area contributed by atoms with Crippen LogP contribution in [0.4, 0.5) is 0 Å². The lowest BCUT2D eigenvalue weighted by Crippen LogP contribution is -2.31. The van der Waals surface area contributed by atoms with Crippen molar-refractivity contribution in [1.29, 1.82) is 0 Å². The smallest absolute Gasteiger partial charge is 0.149 e. The number of fused-ring (bicyclic) bond motifs is 1. The SMILES string of the molecule is CC#CCOc1ccc2c(c1)c(CN1CCC[C@H]1CO)cn2Cc1ccccc1. The number of likely N-dealkylation sites (tertiary alicyclic amines) is 1. The minimum atomic E-state index is 0.229. The number of aliphatic hydroxyl groups excluding tert-OH is 1. The van der Waals surface area contributed by atoms with Crippen molar-refractivity contribution in [3.05, 3.63) is 65.9 Å². The van der Waals surface area contributed by atoms with Crippen molar-refractivity contribution >= 4 is 10.9 Å². The van der Waals surface area contributed by atoms with Crippen molar-refractivity contribution in [3.63, 3.8) is 0 Å². The van der Waals surface area contributed by atoms with Crippen LogP contribution in [-0.2, 0) is 13.1 Å². The predicted molar refractivity (Wildman–Crippen MR) is 117 cm³/mol. The van der Waals surface area contributed by atoms with Gasteiger partial charge in [0.15, 0.2) is 0 Å². The molecule has 0 aliphatic carbocycles. The van der Waals surface area contributed by atoms with Crippen LogP contribution in [0, 0.1) is 11.8 Å². The average Bonchev–Trinajstić information content (AvgIpc) is 3.34. The van der Waals surface area contributed by atoms with E-state index in [9.17, 15) is 5.11 Å². The lowest BCUT2D eigenvalue weighted by molar-refractivity contribution is 0.154. The number of aliphatic hydroxyl groups is 1. The van der Waals surface area contributed by atoms with Gasteiger partial charge >= 0.3 is 0 Å². The van der Waals surface area contributed by atoms with Crippen LogP contribution in [0.15, 0.2) is 54.7 Å². The molecule has 4 nitrogen and oxygen atoms in total. The van der Waals surface area contributed by atoms with Crippen molar-refractivity contribution in [3.8, 4) is 17.6 Å². The molecule has 0 saturated carbocycles. The van der Waals surface area contributed by atoms with Gasteiger partial charge in [0.05, 0.1) is 6.61 Å². The molecule has 1 saturated heterocycles. The molecule has 0 radical (unpaired) electrons. The van der Waals surface area contributed by atoms with E-state index in [2.05, 4.69) is 63.9 Å². The number of nitrogens with zero attached hydrogens (tertiary/aromatic N) is 2. The third-order valence-corrected chi connectivity index (χ3v) is 5.70. The van der Waals surface area contributed by atoms with Crippen molar-refractivity contribution < 1.29 is 9.84 Å². The van der Waals surface area contributed by atoms with E-state index in [-0.39, 0.29) is 12.6 Å². The van der Waals surface area contributed by atoms with E-state index in [1.165, 1.54) is 22.0 Å². The number of aromatic nitrogens is 1. The lowest BCUT2D eigenvalue weighted by atomic mass is 10.1. The molecule has 4 heteroatoms. The second-order valence-electron chi connectivity index (χ2n) is 7.61. The fourth-order valence-corrected chi connectivity index (χ4v) is 4.20. The number of ether oxygens (including phenoxy) is 1. The van der Waals surface area contributed by atoms with Crippen LogP contribution in [-0.4, -0.2) is 40.4 Å². The van der Waals surface area contributed by atoms with Gasteiger partial charge in [-0.05, 0) is 55.6 Å². The first kappa shape index (κ1) is 19.6. The first-order valence-electron chi connectivity index (χ1n) is 10.3. The topological polar surface area (TPSA) is 37.6 Å². The Hall–Kier alpha value is -2.74. The van der Waals surface area contributed by atoms with Crippen LogP contribution in [0.2, 0.25) is 0 Å². The van der Waals surface area contributed by atoms with Crippen LogP contribution in [0.25, 0.3) is 10.9 Å². The van der Waals surface area contributed by atoms with Crippen LogP contribution >= 0.6 is 0 Å². The fraction of sp³-hybridized carbons (Fsp3) is 0.360. The molecule has 1 aromatic heterocycles. The zero-order valence-corrected chi connectivity index (χ0v) is 17.0. The van der Waals surface area contributed by atoms with Crippen molar-refractivity contribution in [1.82, 2.24) is 9.47 Å². The Morgan fingerprint density at radius 2 is 2.00 bits per heavy atom. The highest BCUT2D eigenvalue weighted by atomic mass is 16.5. The molecule has 3 aromatic rings.